The van der Waals surface area contributed by atoms with Gasteiger partial charge in [0, 0.05) is 41.8 Å². The molecule has 2 aromatic carbocycles. The minimum atomic E-state index is -0.517. The fraction of sp³-hybridized carbons (Fsp3) is 0.364. The lowest BCUT2D eigenvalue weighted by atomic mass is 9.95. The van der Waals surface area contributed by atoms with Crippen molar-refractivity contribution in [1.29, 1.82) is 0 Å². The van der Waals surface area contributed by atoms with E-state index in [0.717, 1.165) is 5.75 Å². The number of nitrogens with one attached hydrogen (secondary N) is 1. The predicted molar refractivity (Wildman–Crippen MR) is 116 cm³/mol. The van der Waals surface area contributed by atoms with Crippen LogP contribution in [0.3, 0.4) is 0 Å². The van der Waals surface area contributed by atoms with Gasteiger partial charge in [0.2, 0.25) is 11.8 Å². The zero-order valence-corrected chi connectivity index (χ0v) is 17.9. The van der Waals surface area contributed by atoms with Crippen LogP contribution < -0.4 is 5.32 Å². The summed E-state index contributed by atoms with van der Waals surface area (Å²) in [5.41, 5.74) is 1.70. The van der Waals surface area contributed by atoms with Crippen LogP contribution in [0.5, 0.6) is 0 Å². The molecular formula is C22H24ClFN2O2S. The van der Waals surface area contributed by atoms with E-state index in [4.69, 9.17) is 11.6 Å². The minimum absolute atomic E-state index is 0.0216. The van der Waals surface area contributed by atoms with Gasteiger partial charge in [0.1, 0.15) is 5.82 Å². The number of amides is 2. The van der Waals surface area contributed by atoms with Crippen molar-refractivity contribution < 1.29 is 14.0 Å². The maximum absolute atomic E-state index is 13.2. The van der Waals surface area contributed by atoms with Gasteiger partial charge in [0.05, 0.1) is 5.02 Å². The molecule has 1 saturated heterocycles. The standard InChI is InChI=1S/C22H24ClFN2O2S/c1-15-2-5-18(6-3-15)29-13-10-21(27)26-11-8-16(9-12-26)22(28)25-17-4-7-20(24)19(23)14-17/h2-7,14,16H,8-13H2,1H3,(H,25,28). The van der Waals surface area contributed by atoms with Gasteiger partial charge >= 0.3 is 0 Å². The fourth-order valence-electron chi connectivity index (χ4n) is 3.26. The van der Waals surface area contributed by atoms with Crippen LogP contribution in [0, 0.1) is 18.7 Å². The molecule has 1 fully saturated rings. The third-order valence-corrected chi connectivity index (χ3v) is 6.31. The van der Waals surface area contributed by atoms with Crippen molar-refractivity contribution in [3.8, 4) is 0 Å². The lowest BCUT2D eigenvalue weighted by Gasteiger charge is -2.31. The van der Waals surface area contributed by atoms with Crippen LogP contribution >= 0.6 is 23.4 Å². The van der Waals surface area contributed by atoms with Crippen molar-refractivity contribution in [2.45, 2.75) is 31.1 Å². The van der Waals surface area contributed by atoms with E-state index in [-0.39, 0.29) is 22.8 Å². The van der Waals surface area contributed by atoms with Crippen LogP contribution in [-0.4, -0.2) is 35.6 Å². The van der Waals surface area contributed by atoms with Gasteiger partial charge in [-0.3, -0.25) is 9.59 Å². The van der Waals surface area contributed by atoms with Gasteiger partial charge in [-0.2, -0.15) is 0 Å². The molecule has 0 bridgehead atoms. The van der Waals surface area contributed by atoms with Crippen LogP contribution in [0.1, 0.15) is 24.8 Å². The van der Waals surface area contributed by atoms with Crippen molar-refractivity contribution in [3.63, 3.8) is 0 Å². The van der Waals surface area contributed by atoms with Crippen LogP contribution in [0.15, 0.2) is 47.4 Å². The molecule has 0 atom stereocenters. The number of piperidine rings is 1. The Bertz CT molecular complexity index is 868. The summed E-state index contributed by atoms with van der Waals surface area (Å²) in [6, 6.07) is 12.4. The van der Waals surface area contributed by atoms with Crippen molar-refractivity contribution in [2.75, 3.05) is 24.2 Å². The first kappa shape index (κ1) is 21.7. The number of halogens is 2. The first-order valence-electron chi connectivity index (χ1n) is 9.65. The SMILES string of the molecule is Cc1ccc(SCCC(=O)N2CCC(C(=O)Nc3ccc(F)c(Cl)c3)CC2)cc1. The number of thioether (sulfide) groups is 1. The molecule has 7 heteroatoms. The summed E-state index contributed by atoms with van der Waals surface area (Å²) in [5.74, 6) is 0.0820. The summed E-state index contributed by atoms with van der Waals surface area (Å²) >= 11 is 7.43. The quantitative estimate of drug-likeness (QED) is 0.640. The van der Waals surface area contributed by atoms with Crippen molar-refractivity contribution in [2.24, 2.45) is 5.92 Å². The lowest BCUT2D eigenvalue weighted by Crippen LogP contribution is -2.41. The number of nitrogens with zero attached hydrogens (tertiary/aromatic N) is 1. The van der Waals surface area contributed by atoms with Gasteiger partial charge < -0.3 is 10.2 Å². The van der Waals surface area contributed by atoms with Crippen molar-refractivity contribution in [3.05, 3.63) is 58.9 Å². The molecule has 154 valence electrons. The van der Waals surface area contributed by atoms with Crippen LogP contribution in [0.4, 0.5) is 10.1 Å². The van der Waals surface area contributed by atoms with E-state index < -0.39 is 5.82 Å². The Balaban J connectivity index is 1.40. The van der Waals surface area contributed by atoms with Crippen molar-refractivity contribution >= 4 is 40.9 Å². The molecule has 0 unspecified atom stereocenters. The number of likely N-dealkylation sites (tertiary alicyclic amines) is 1. The third-order valence-electron chi connectivity index (χ3n) is 5.01. The van der Waals surface area contributed by atoms with Gasteiger partial charge in [-0.1, -0.05) is 29.3 Å². The maximum atomic E-state index is 13.2. The topological polar surface area (TPSA) is 49.4 Å². The van der Waals surface area contributed by atoms with Gasteiger partial charge in [0.25, 0.3) is 0 Å². The Morgan fingerprint density at radius 1 is 1.17 bits per heavy atom. The average molecular weight is 435 g/mol. The van der Waals surface area contributed by atoms with E-state index >= 15 is 0 Å². The molecule has 0 spiro atoms. The number of aryl methyl sites for hydroxylation is 1. The third kappa shape index (κ3) is 6.21. The molecular weight excluding hydrogens is 411 g/mol. The molecule has 29 heavy (non-hydrogen) atoms. The lowest BCUT2D eigenvalue weighted by molar-refractivity contribution is -0.134. The van der Waals surface area contributed by atoms with Gasteiger partial charge in [-0.25, -0.2) is 4.39 Å². The van der Waals surface area contributed by atoms with E-state index in [0.29, 0.717) is 38.0 Å². The zero-order valence-electron chi connectivity index (χ0n) is 16.3. The second kappa shape index (κ2) is 10.1. The normalized spacial score (nSPS) is 14.7. The summed E-state index contributed by atoms with van der Waals surface area (Å²) in [5, 5.41) is 2.76. The van der Waals surface area contributed by atoms with E-state index in [9.17, 15) is 14.0 Å². The highest BCUT2D eigenvalue weighted by molar-refractivity contribution is 7.99. The Morgan fingerprint density at radius 2 is 1.86 bits per heavy atom. The monoisotopic (exact) mass is 434 g/mol. The predicted octanol–water partition coefficient (Wildman–Crippen LogP) is 5.15. The zero-order chi connectivity index (χ0) is 20.8. The minimum Gasteiger partial charge on any atom is -0.343 e. The first-order chi connectivity index (χ1) is 13.9. The number of carbonyl (C=O) groups is 2. The van der Waals surface area contributed by atoms with E-state index in [1.807, 2.05) is 4.90 Å². The Kier molecular flexibility index (Phi) is 7.56. The highest BCUT2D eigenvalue weighted by Crippen LogP contribution is 2.24. The molecule has 2 amide bonds. The fourth-order valence-corrected chi connectivity index (χ4v) is 4.28. The number of hydrogen-bond donors (Lipinski definition) is 1. The Labute approximate surface area is 179 Å². The van der Waals surface area contributed by atoms with Crippen LogP contribution in [0.2, 0.25) is 5.02 Å². The molecule has 1 N–H and O–H groups in total. The molecule has 0 saturated carbocycles. The largest absolute Gasteiger partial charge is 0.343 e. The summed E-state index contributed by atoms with van der Waals surface area (Å²) in [4.78, 5) is 27.9. The van der Waals surface area contributed by atoms with E-state index in [1.54, 1.807) is 11.8 Å². The van der Waals surface area contributed by atoms with Gasteiger partial charge in [-0.05, 0) is 50.1 Å². The van der Waals surface area contributed by atoms with E-state index in [1.165, 1.54) is 28.7 Å². The average Bonchev–Trinajstić information content (AvgIpc) is 2.72. The molecule has 1 aliphatic rings. The summed E-state index contributed by atoms with van der Waals surface area (Å²) in [7, 11) is 0. The van der Waals surface area contributed by atoms with Gasteiger partial charge in [0.15, 0.2) is 0 Å². The molecule has 0 radical (unpaired) electrons. The van der Waals surface area contributed by atoms with E-state index in [2.05, 4.69) is 36.5 Å². The van der Waals surface area contributed by atoms with Crippen LogP contribution in [-0.2, 0) is 9.59 Å². The molecule has 1 heterocycles. The number of rotatable bonds is 6. The molecule has 3 rings (SSSR count). The summed E-state index contributed by atoms with van der Waals surface area (Å²) < 4.78 is 13.2. The van der Waals surface area contributed by atoms with Crippen molar-refractivity contribution in [1.82, 2.24) is 4.90 Å². The van der Waals surface area contributed by atoms with Gasteiger partial charge in [-0.15, -0.1) is 11.8 Å². The number of anilines is 1. The second-order valence-electron chi connectivity index (χ2n) is 7.18. The maximum Gasteiger partial charge on any atom is 0.227 e. The summed E-state index contributed by atoms with van der Waals surface area (Å²) in [6.07, 6.45) is 1.73. The van der Waals surface area contributed by atoms with Crippen LogP contribution in [0.25, 0.3) is 0 Å². The Morgan fingerprint density at radius 3 is 2.52 bits per heavy atom. The number of carbonyl (C=O) groups excluding carboxylic acids is 2. The molecule has 2 aromatic rings. The second-order valence-corrected chi connectivity index (χ2v) is 8.76. The summed E-state index contributed by atoms with van der Waals surface area (Å²) in [6.45, 7) is 3.21. The highest BCUT2D eigenvalue weighted by atomic mass is 35.5. The molecule has 4 nitrogen and oxygen atoms in total. The highest BCUT2D eigenvalue weighted by Gasteiger charge is 2.27. The number of benzene rings is 2. The molecule has 0 aromatic heterocycles. The molecule has 1 aliphatic heterocycles. The smallest absolute Gasteiger partial charge is 0.227 e. The Hall–Kier alpha value is -2.05. The number of hydrogen-bond acceptors (Lipinski definition) is 3. The molecule has 0 aliphatic carbocycles. The first-order valence-corrected chi connectivity index (χ1v) is 11.0.